The maximum absolute atomic E-state index is 11.9. The fourth-order valence-corrected chi connectivity index (χ4v) is 1.86. The highest BCUT2D eigenvalue weighted by Crippen LogP contribution is 2.19. The summed E-state index contributed by atoms with van der Waals surface area (Å²) < 4.78 is 7.51. The van der Waals surface area contributed by atoms with Gasteiger partial charge in [0.1, 0.15) is 5.82 Å². The molecule has 1 atom stereocenters. The third kappa shape index (κ3) is 2.64. The first-order valence-corrected chi connectivity index (χ1v) is 6.51. The molecule has 0 spiro atoms. The van der Waals surface area contributed by atoms with Gasteiger partial charge in [-0.15, -0.1) is 0 Å². The van der Waals surface area contributed by atoms with Crippen LogP contribution in [0, 0.1) is 0 Å². The molecule has 0 fully saturated rings. The average molecular weight is 312 g/mol. The number of aromatic nitrogens is 2. The number of halogens is 1. The molecule has 0 aliphatic heterocycles. The Balaban J connectivity index is 2.15. The summed E-state index contributed by atoms with van der Waals surface area (Å²) in [4.78, 5) is 11.9. The topological polar surface area (TPSA) is 60.1 Å². The van der Waals surface area contributed by atoms with Crippen LogP contribution in [0.4, 0.5) is 5.82 Å². The second-order valence-electron chi connectivity index (χ2n) is 3.98. The highest BCUT2D eigenvalue weighted by Gasteiger charge is 2.14. The molecule has 2 rings (SSSR count). The molecule has 0 saturated heterocycles. The maximum atomic E-state index is 11.9. The lowest BCUT2D eigenvalue weighted by Crippen LogP contribution is -2.16. The summed E-state index contributed by atoms with van der Waals surface area (Å²) in [5.41, 5.74) is 0. The average Bonchev–Trinajstić information content (AvgIpc) is 2.97. The molecule has 18 heavy (non-hydrogen) atoms. The molecule has 1 amide bonds. The van der Waals surface area contributed by atoms with Gasteiger partial charge in [-0.25, -0.2) is 4.68 Å². The molecule has 0 bridgehead atoms. The minimum Gasteiger partial charge on any atom is -0.444 e. The molecule has 2 aromatic rings. The predicted molar refractivity (Wildman–Crippen MR) is 71.6 cm³/mol. The monoisotopic (exact) mass is 311 g/mol. The van der Waals surface area contributed by atoms with Crippen molar-refractivity contribution >= 4 is 27.7 Å². The summed E-state index contributed by atoms with van der Waals surface area (Å²) in [6, 6.07) is 5.30. The van der Waals surface area contributed by atoms with E-state index in [4.69, 9.17) is 4.42 Å². The van der Waals surface area contributed by atoms with Crippen molar-refractivity contribution in [1.82, 2.24) is 9.78 Å². The zero-order chi connectivity index (χ0) is 13.1. The molecule has 5 nitrogen and oxygen atoms in total. The molecule has 0 aromatic carbocycles. The zero-order valence-corrected chi connectivity index (χ0v) is 11.8. The number of rotatable bonds is 4. The molecule has 0 saturated carbocycles. The van der Waals surface area contributed by atoms with Gasteiger partial charge in [0, 0.05) is 6.07 Å². The van der Waals surface area contributed by atoms with Crippen LogP contribution in [-0.2, 0) is 0 Å². The van der Waals surface area contributed by atoms with Gasteiger partial charge < -0.3 is 9.73 Å². The van der Waals surface area contributed by atoms with Gasteiger partial charge in [0.25, 0.3) is 5.91 Å². The van der Waals surface area contributed by atoms with E-state index in [9.17, 15) is 4.79 Å². The second kappa shape index (κ2) is 5.39. The molecular weight excluding hydrogens is 298 g/mol. The molecular formula is C12H14BrN3O2. The minimum absolute atomic E-state index is 0.235. The van der Waals surface area contributed by atoms with Crippen LogP contribution in [0.2, 0.25) is 0 Å². The Kier molecular flexibility index (Phi) is 3.86. The molecule has 96 valence electrons. The SMILES string of the molecule is CCC(C)n1nccc1NC(=O)c1ccc(Br)o1. The Hall–Kier alpha value is -1.56. The number of furan rings is 1. The maximum Gasteiger partial charge on any atom is 0.292 e. The lowest BCUT2D eigenvalue weighted by molar-refractivity contribution is 0.0994. The summed E-state index contributed by atoms with van der Waals surface area (Å²) in [6.45, 7) is 4.12. The lowest BCUT2D eigenvalue weighted by Gasteiger charge is -2.13. The van der Waals surface area contributed by atoms with Gasteiger partial charge in [-0.3, -0.25) is 4.79 Å². The van der Waals surface area contributed by atoms with Gasteiger partial charge in [0.15, 0.2) is 10.4 Å². The molecule has 2 aromatic heterocycles. The Morgan fingerprint density at radius 2 is 2.33 bits per heavy atom. The van der Waals surface area contributed by atoms with Crippen LogP contribution in [0.25, 0.3) is 0 Å². The second-order valence-corrected chi connectivity index (χ2v) is 4.76. The van der Waals surface area contributed by atoms with Crippen LogP contribution in [0.1, 0.15) is 36.9 Å². The van der Waals surface area contributed by atoms with Gasteiger partial charge in [-0.05, 0) is 41.4 Å². The molecule has 0 aliphatic carbocycles. The van der Waals surface area contributed by atoms with E-state index in [-0.39, 0.29) is 17.7 Å². The van der Waals surface area contributed by atoms with Crippen LogP contribution >= 0.6 is 15.9 Å². The van der Waals surface area contributed by atoms with Gasteiger partial charge in [-0.2, -0.15) is 5.10 Å². The number of amides is 1. The van der Waals surface area contributed by atoms with Crippen LogP contribution in [0.15, 0.2) is 33.5 Å². The van der Waals surface area contributed by atoms with E-state index in [1.165, 1.54) is 0 Å². The van der Waals surface area contributed by atoms with E-state index >= 15 is 0 Å². The molecule has 0 radical (unpaired) electrons. The van der Waals surface area contributed by atoms with Gasteiger partial charge in [0.05, 0.1) is 12.2 Å². The molecule has 1 unspecified atom stereocenters. The largest absolute Gasteiger partial charge is 0.444 e. The number of hydrogen-bond donors (Lipinski definition) is 1. The number of nitrogens with zero attached hydrogens (tertiary/aromatic N) is 2. The van der Waals surface area contributed by atoms with Gasteiger partial charge >= 0.3 is 0 Å². The Bertz CT molecular complexity index is 547. The van der Waals surface area contributed by atoms with Gasteiger partial charge in [0.2, 0.25) is 0 Å². The third-order valence-corrected chi connectivity index (χ3v) is 3.14. The Morgan fingerprint density at radius 1 is 1.56 bits per heavy atom. The summed E-state index contributed by atoms with van der Waals surface area (Å²) >= 11 is 3.16. The van der Waals surface area contributed by atoms with Crippen molar-refractivity contribution < 1.29 is 9.21 Å². The molecule has 6 heteroatoms. The highest BCUT2D eigenvalue weighted by atomic mass is 79.9. The first-order valence-electron chi connectivity index (χ1n) is 5.72. The smallest absolute Gasteiger partial charge is 0.292 e. The number of carbonyl (C=O) groups excluding carboxylic acids is 1. The first-order chi connectivity index (χ1) is 8.61. The first kappa shape index (κ1) is 12.9. The molecule has 2 heterocycles. The van der Waals surface area contributed by atoms with E-state index < -0.39 is 0 Å². The van der Waals surface area contributed by atoms with Crippen molar-refractivity contribution in [2.75, 3.05) is 5.32 Å². The van der Waals surface area contributed by atoms with Crippen molar-refractivity contribution in [2.24, 2.45) is 0 Å². The van der Waals surface area contributed by atoms with Crippen LogP contribution < -0.4 is 5.32 Å². The lowest BCUT2D eigenvalue weighted by atomic mass is 10.3. The van der Waals surface area contributed by atoms with Crippen LogP contribution in [0.5, 0.6) is 0 Å². The van der Waals surface area contributed by atoms with E-state index in [0.717, 1.165) is 6.42 Å². The minimum atomic E-state index is -0.286. The van der Waals surface area contributed by atoms with Crippen molar-refractivity contribution in [3.05, 3.63) is 34.8 Å². The Morgan fingerprint density at radius 3 is 2.94 bits per heavy atom. The fraction of sp³-hybridized carbons (Fsp3) is 0.333. The number of anilines is 1. The normalized spacial score (nSPS) is 12.4. The van der Waals surface area contributed by atoms with E-state index in [1.807, 2.05) is 6.92 Å². The van der Waals surface area contributed by atoms with Crippen LogP contribution in [-0.4, -0.2) is 15.7 Å². The van der Waals surface area contributed by atoms with Crippen molar-refractivity contribution in [1.29, 1.82) is 0 Å². The van der Waals surface area contributed by atoms with Gasteiger partial charge in [-0.1, -0.05) is 6.92 Å². The summed E-state index contributed by atoms with van der Waals surface area (Å²) in [7, 11) is 0. The number of carbonyl (C=O) groups is 1. The third-order valence-electron chi connectivity index (χ3n) is 2.72. The van der Waals surface area contributed by atoms with Crippen LogP contribution in [0.3, 0.4) is 0 Å². The predicted octanol–water partition coefficient (Wildman–Crippen LogP) is 3.46. The van der Waals surface area contributed by atoms with Crippen molar-refractivity contribution in [3.63, 3.8) is 0 Å². The quantitative estimate of drug-likeness (QED) is 0.940. The number of hydrogen-bond acceptors (Lipinski definition) is 3. The highest BCUT2D eigenvalue weighted by molar-refractivity contribution is 9.10. The molecule has 0 aliphatic rings. The van der Waals surface area contributed by atoms with E-state index in [2.05, 4.69) is 33.3 Å². The summed E-state index contributed by atoms with van der Waals surface area (Å²) in [5, 5.41) is 6.98. The van der Waals surface area contributed by atoms with Crippen molar-refractivity contribution in [2.45, 2.75) is 26.3 Å². The van der Waals surface area contributed by atoms with Crippen molar-refractivity contribution in [3.8, 4) is 0 Å². The standard InChI is InChI=1S/C12H14BrN3O2/c1-3-8(2)16-11(6-7-14-16)15-12(17)9-4-5-10(13)18-9/h4-8H,3H2,1-2H3,(H,15,17). The molecule has 1 N–H and O–H groups in total. The summed E-state index contributed by atoms with van der Waals surface area (Å²) in [5.74, 6) is 0.645. The number of nitrogens with one attached hydrogen (secondary N) is 1. The summed E-state index contributed by atoms with van der Waals surface area (Å²) in [6.07, 6.45) is 2.61. The zero-order valence-electron chi connectivity index (χ0n) is 10.2. The van der Waals surface area contributed by atoms with E-state index in [0.29, 0.717) is 10.5 Å². The van der Waals surface area contributed by atoms with E-state index in [1.54, 1.807) is 29.1 Å². The Labute approximate surface area is 113 Å². The fourth-order valence-electron chi connectivity index (χ4n) is 1.55.